The van der Waals surface area contributed by atoms with Crippen molar-refractivity contribution in [3.8, 4) is 11.3 Å². The van der Waals surface area contributed by atoms with Gasteiger partial charge < -0.3 is 20.6 Å². The second-order valence-corrected chi connectivity index (χ2v) is 8.47. The van der Waals surface area contributed by atoms with Crippen molar-refractivity contribution in [1.29, 1.82) is 0 Å². The Morgan fingerprint density at radius 3 is 2.63 bits per heavy atom. The Morgan fingerprint density at radius 2 is 1.89 bits per heavy atom. The molecule has 8 heteroatoms. The summed E-state index contributed by atoms with van der Waals surface area (Å²) < 4.78 is 5.59. The Labute approximate surface area is 203 Å². The summed E-state index contributed by atoms with van der Waals surface area (Å²) in [6, 6.07) is 21.0. The van der Waals surface area contributed by atoms with E-state index in [4.69, 9.17) is 10.5 Å². The number of nitrogen functional groups attached to an aromatic ring is 1. The van der Waals surface area contributed by atoms with Crippen molar-refractivity contribution in [1.82, 2.24) is 15.3 Å². The van der Waals surface area contributed by atoms with Crippen LogP contribution in [0.2, 0.25) is 0 Å². The highest BCUT2D eigenvalue weighted by Gasteiger charge is 2.46. The lowest BCUT2D eigenvalue weighted by Gasteiger charge is -2.29. The molecule has 0 aliphatic heterocycles. The minimum atomic E-state index is -1.68. The number of aromatic amines is 1. The molecule has 0 unspecified atom stereocenters. The number of imidazole rings is 1. The lowest BCUT2D eigenvalue weighted by atomic mass is 9.91. The van der Waals surface area contributed by atoms with Gasteiger partial charge in [-0.2, -0.15) is 0 Å². The second kappa shape index (κ2) is 10.3. The van der Waals surface area contributed by atoms with Gasteiger partial charge in [-0.1, -0.05) is 68.3 Å². The number of nitrogens with zero attached hydrogens (tertiary/aromatic N) is 1. The Kier molecular flexibility index (Phi) is 7.01. The van der Waals surface area contributed by atoms with Crippen LogP contribution in [0.15, 0.2) is 72.9 Å². The van der Waals surface area contributed by atoms with Gasteiger partial charge in [-0.3, -0.25) is 5.32 Å². The van der Waals surface area contributed by atoms with Gasteiger partial charge >= 0.3 is 12.1 Å². The molecule has 1 amide bonds. The van der Waals surface area contributed by atoms with Crippen LogP contribution in [0.4, 0.5) is 10.5 Å². The SMILES string of the molecule is CCCC[C@@](NC(=O)O)(C(=O)OCc1cccc(N)c1)c1ncc(-c2ccc3ccccc3c2)[nH]1. The summed E-state index contributed by atoms with van der Waals surface area (Å²) in [5, 5.41) is 14.2. The van der Waals surface area contributed by atoms with Crippen molar-refractivity contribution in [3.05, 3.63) is 84.3 Å². The number of benzene rings is 3. The fourth-order valence-electron chi connectivity index (χ4n) is 4.11. The predicted octanol–water partition coefficient (Wildman–Crippen LogP) is 5.21. The highest BCUT2D eigenvalue weighted by atomic mass is 16.5. The van der Waals surface area contributed by atoms with Crippen molar-refractivity contribution in [2.45, 2.75) is 38.3 Å². The van der Waals surface area contributed by atoms with Gasteiger partial charge in [0.2, 0.25) is 0 Å². The molecule has 35 heavy (non-hydrogen) atoms. The first-order valence-electron chi connectivity index (χ1n) is 11.5. The number of nitrogens with one attached hydrogen (secondary N) is 2. The van der Waals surface area contributed by atoms with Gasteiger partial charge in [-0.15, -0.1) is 0 Å². The van der Waals surface area contributed by atoms with Crippen molar-refractivity contribution in [2.75, 3.05) is 5.73 Å². The normalized spacial score (nSPS) is 12.7. The van der Waals surface area contributed by atoms with Crippen LogP contribution in [-0.4, -0.2) is 27.1 Å². The number of carboxylic acid groups (broad SMARTS) is 1. The third kappa shape index (κ3) is 5.27. The number of H-pyrrole nitrogens is 1. The van der Waals surface area contributed by atoms with E-state index < -0.39 is 17.6 Å². The average Bonchev–Trinajstić information content (AvgIpc) is 3.35. The van der Waals surface area contributed by atoms with Crippen LogP contribution in [0, 0.1) is 0 Å². The van der Waals surface area contributed by atoms with Gasteiger partial charge in [0, 0.05) is 11.3 Å². The van der Waals surface area contributed by atoms with Gasteiger partial charge in [0.25, 0.3) is 0 Å². The number of hydrogen-bond donors (Lipinski definition) is 4. The van der Waals surface area contributed by atoms with Crippen molar-refractivity contribution in [2.24, 2.45) is 0 Å². The van der Waals surface area contributed by atoms with Gasteiger partial charge in [0.15, 0.2) is 5.54 Å². The third-order valence-electron chi connectivity index (χ3n) is 5.94. The van der Waals surface area contributed by atoms with Crippen molar-refractivity contribution in [3.63, 3.8) is 0 Å². The number of aromatic nitrogens is 2. The second-order valence-electron chi connectivity index (χ2n) is 8.47. The van der Waals surface area contributed by atoms with Crippen molar-refractivity contribution < 1.29 is 19.4 Å². The van der Waals surface area contributed by atoms with Crippen LogP contribution in [-0.2, 0) is 21.7 Å². The zero-order chi connectivity index (χ0) is 24.8. The average molecular weight is 473 g/mol. The van der Waals surface area contributed by atoms with Crippen LogP contribution in [0.25, 0.3) is 22.0 Å². The zero-order valence-electron chi connectivity index (χ0n) is 19.5. The maximum atomic E-state index is 13.4. The first-order valence-corrected chi connectivity index (χ1v) is 11.5. The van der Waals surface area contributed by atoms with Gasteiger partial charge in [-0.05, 0) is 41.0 Å². The van der Waals surface area contributed by atoms with E-state index in [1.54, 1.807) is 30.5 Å². The summed E-state index contributed by atoms with van der Waals surface area (Å²) in [5.74, 6) is -0.538. The Hall–Kier alpha value is -4.33. The minimum Gasteiger partial charge on any atom is -0.465 e. The maximum Gasteiger partial charge on any atom is 0.405 e. The van der Waals surface area contributed by atoms with Crippen LogP contribution in [0.1, 0.15) is 37.6 Å². The molecule has 0 saturated carbocycles. The number of esters is 1. The molecular formula is C27H28N4O4. The van der Waals surface area contributed by atoms with Crippen LogP contribution >= 0.6 is 0 Å². The number of rotatable bonds is 9. The first kappa shape index (κ1) is 23.8. The van der Waals surface area contributed by atoms with E-state index in [1.807, 2.05) is 49.4 Å². The molecule has 0 radical (unpaired) electrons. The number of nitrogens with two attached hydrogens (primary N) is 1. The van der Waals surface area contributed by atoms with Crippen LogP contribution in [0.3, 0.4) is 0 Å². The zero-order valence-corrected chi connectivity index (χ0v) is 19.5. The highest BCUT2D eigenvalue weighted by Crippen LogP contribution is 2.31. The van der Waals surface area contributed by atoms with E-state index in [2.05, 4.69) is 15.3 Å². The fourth-order valence-corrected chi connectivity index (χ4v) is 4.11. The lowest BCUT2D eigenvalue weighted by molar-refractivity contribution is -0.154. The number of amides is 1. The summed E-state index contributed by atoms with van der Waals surface area (Å²) in [4.78, 5) is 32.9. The molecule has 4 rings (SSSR count). The number of carbonyl (C=O) groups excluding carboxylic acids is 1. The molecule has 3 aromatic carbocycles. The van der Waals surface area contributed by atoms with E-state index in [0.29, 0.717) is 23.4 Å². The Morgan fingerprint density at radius 1 is 1.09 bits per heavy atom. The molecule has 1 aromatic heterocycles. The smallest absolute Gasteiger partial charge is 0.405 e. The molecule has 0 bridgehead atoms. The standard InChI is InChI=1S/C27H28N4O4/c1-2-3-13-27(31-26(33)34,25(32)35-17-18-7-6-10-22(28)14-18)24-29-16-23(30-24)21-12-11-19-8-4-5-9-20(19)15-21/h4-12,14-16,31H,2-3,13,17,28H2,1H3,(H,29,30)(H,33,34)/t27-/m0/s1. The molecule has 0 aliphatic carbocycles. The largest absolute Gasteiger partial charge is 0.465 e. The fraction of sp³-hybridized carbons (Fsp3) is 0.222. The molecule has 0 saturated heterocycles. The number of unbranched alkanes of at least 4 members (excludes halogenated alkanes) is 1. The molecule has 0 fully saturated rings. The highest BCUT2D eigenvalue weighted by molar-refractivity contribution is 5.88. The summed E-state index contributed by atoms with van der Waals surface area (Å²) in [6.07, 6.45) is 1.79. The topological polar surface area (TPSA) is 130 Å². The summed E-state index contributed by atoms with van der Waals surface area (Å²) >= 11 is 0. The molecule has 180 valence electrons. The lowest BCUT2D eigenvalue weighted by Crippen LogP contribution is -2.53. The number of carbonyl (C=O) groups is 2. The van der Waals surface area contributed by atoms with E-state index in [-0.39, 0.29) is 18.9 Å². The Bertz CT molecular complexity index is 1350. The van der Waals surface area contributed by atoms with Gasteiger partial charge in [-0.25, -0.2) is 14.6 Å². The number of fused-ring (bicyclic) bond motifs is 1. The quantitative estimate of drug-likeness (QED) is 0.195. The van der Waals surface area contributed by atoms with Gasteiger partial charge in [0.05, 0.1) is 11.9 Å². The van der Waals surface area contributed by atoms with Crippen LogP contribution in [0.5, 0.6) is 0 Å². The molecule has 0 aliphatic rings. The molecule has 8 nitrogen and oxygen atoms in total. The Balaban J connectivity index is 1.69. The predicted molar refractivity (Wildman–Crippen MR) is 135 cm³/mol. The van der Waals surface area contributed by atoms with E-state index >= 15 is 0 Å². The maximum absolute atomic E-state index is 13.4. The number of anilines is 1. The molecule has 0 spiro atoms. The summed E-state index contributed by atoms with van der Waals surface area (Å²) in [5.41, 5.74) is 6.93. The summed E-state index contributed by atoms with van der Waals surface area (Å²) in [6.45, 7) is 1.92. The van der Waals surface area contributed by atoms with Crippen LogP contribution < -0.4 is 11.1 Å². The monoisotopic (exact) mass is 472 g/mol. The van der Waals surface area contributed by atoms with E-state index in [0.717, 1.165) is 22.8 Å². The number of ether oxygens (including phenoxy) is 1. The van der Waals surface area contributed by atoms with Gasteiger partial charge in [0.1, 0.15) is 12.4 Å². The van der Waals surface area contributed by atoms with Crippen molar-refractivity contribution >= 4 is 28.5 Å². The molecule has 5 N–H and O–H groups in total. The number of hydrogen-bond acceptors (Lipinski definition) is 5. The molecular weight excluding hydrogens is 444 g/mol. The summed E-state index contributed by atoms with van der Waals surface area (Å²) in [7, 11) is 0. The molecule has 1 heterocycles. The minimum absolute atomic E-state index is 0.0444. The first-order chi connectivity index (χ1) is 16.9. The molecule has 1 atom stereocenters. The van der Waals surface area contributed by atoms with E-state index in [1.165, 1.54) is 0 Å². The van der Waals surface area contributed by atoms with E-state index in [9.17, 15) is 14.7 Å². The third-order valence-corrected chi connectivity index (χ3v) is 5.94. The molecule has 4 aromatic rings.